The Morgan fingerprint density at radius 1 is 1.47 bits per heavy atom. The number of hydrogen-bond donors (Lipinski definition) is 1. The topological polar surface area (TPSA) is 54.4 Å². The predicted molar refractivity (Wildman–Crippen MR) is 68.4 cm³/mol. The first kappa shape index (κ1) is 13.6. The van der Waals surface area contributed by atoms with Gasteiger partial charge in [0.25, 0.3) is 0 Å². The monoisotopic (exact) mass is 268 g/mol. The smallest absolute Gasteiger partial charge is 0.337 e. The summed E-state index contributed by atoms with van der Waals surface area (Å²) in [7, 11) is 0. The highest BCUT2D eigenvalue weighted by Crippen LogP contribution is 2.19. The first-order valence-corrected chi connectivity index (χ1v) is 6.02. The quantitative estimate of drug-likeness (QED) is 0.838. The van der Waals surface area contributed by atoms with Gasteiger partial charge in [-0.3, -0.25) is 4.79 Å². The Bertz CT molecular complexity index is 514. The van der Waals surface area contributed by atoms with Crippen molar-refractivity contribution in [2.75, 3.05) is 5.75 Å². The molecule has 1 N–H and O–H groups in total. The minimum atomic E-state index is -1.07. The summed E-state index contributed by atoms with van der Waals surface area (Å²) in [5, 5.41) is 9.21. The number of halogens is 1. The molecule has 0 aromatic heterocycles. The lowest BCUT2D eigenvalue weighted by molar-refractivity contribution is -0.109. The van der Waals surface area contributed by atoms with Crippen LogP contribution in [-0.4, -0.2) is 21.9 Å². The van der Waals surface area contributed by atoms with Gasteiger partial charge in [-0.1, -0.05) is 41.3 Å². The Morgan fingerprint density at radius 2 is 2.18 bits per heavy atom. The highest BCUT2D eigenvalue weighted by Gasteiger charge is 2.10. The van der Waals surface area contributed by atoms with Crippen molar-refractivity contribution in [1.82, 2.24) is 0 Å². The van der Waals surface area contributed by atoms with Gasteiger partial charge in [0.2, 0.25) is 0 Å². The maximum absolute atomic E-state index is 10.9. The van der Waals surface area contributed by atoms with E-state index in [4.69, 9.17) is 16.7 Å². The van der Waals surface area contributed by atoms with Crippen molar-refractivity contribution >= 4 is 34.4 Å². The number of carboxylic acid groups (broad SMARTS) is 1. The second-order valence-electron chi connectivity index (χ2n) is 3.05. The molecule has 5 heteroatoms. The van der Waals surface area contributed by atoms with E-state index in [2.05, 4.69) is 11.8 Å². The Kier molecular flexibility index (Phi) is 5.08. The average Bonchev–Trinajstić information content (AvgIpc) is 2.25. The van der Waals surface area contributed by atoms with E-state index in [9.17, 15) is 9.59 Å². The molecule has 1 aromatic carbocycles. The van der Waals surface area contributed by atoms with Crippen molar-refractivity contribution < 1.29 is 14.7 Å². The molecule has 0 atom stereocenters. The largest absolute Gasteiger partial charge is 0.478 e. The highest BCUT2D eigenvalue weighted by atomic mass is 35.5. The van der Waals surface area contributed by atoms with Crippen LogP contribution in [0.4, 0.5) is 0 Å². The van der Waals surface area contributed by atoms with E-state index in [-0.39, 0.29) is 16.2 Å². The normalized spacial score (nSPS) is 9.29. The lowest BCUT2D eigenvalue weighted by Crippen LogP contribution is -2.00. The van der Waals surface area contributed by atoms with Gasteiger partial charge in [-0.25, -0.2) is 4.79 Å². The van der Waals surface area contributed by atoms with E-state index < -0.39 is 5.97 Å². The molecule has 0 bridgehead atoms. The van der Waals surface area contributed by atoms with Crippen LogP contribution in [-0.2, 0) is 4.79 Å². The molecule has 0 heterocycles. The first-order chi connectivity index (χ1) is 8.02. The molecule has 88 valence electrons. The molecule has 0 fully saturated rings. The Morgan fingerprint density at radius 3 is 2.76 bits per heavy atom. The molecule has 0 unspecified atom stereocenters. The van der Waals surface area contributed by atoms with Crippen molar-refractivity contribution in [1.29, 1.82) is 0 Å². The number of aromatic carboxylic acids is 1. The fourth-order valence-electron chi connectivity index (χ4n) is 1.09. The third kappa shape index (κ3) is 4.14. The number of carbonyl (C=O) groups is 2. The first-order valence-electron chi connectivity index (χ1n) is 4.66. The number of hydrogen-bond acceptors (Lipinski definition) is 3. The van der Waals surface area contributed by atoms with Crippen molar-refractivity contribution in [3.8, 4) is 11.8 Å². The zero-order valence-corrected chi connectivity index (χ0v) is 10.6. The van der Waals surface area contributed by atoms with Crippen LogP contribution in [0.2, 0.25) is 5.02 Å². The fraction of sp³-hybridized carbons (Fsp3) is 0.167. The molecule has 17 heavy (non-hydrogen) atoms. The summed E-state index contributed by atoms with van der Waals surface area (Å²) >= 11 is 6.94. The minimum absolute atomic E-state index is 0.0306. The molecular weight excluding hydrogens is 260 g/mol. The summed E-state index contributed by atoms with van der Waals surface area (Å²) < 4.78 is 0. The maximum Gasteiger partial charge on any atom is 0.337 e. The Balaban J connectivity index is 2.96. The molecular formula is C12H9ClO3S. The van der Waals surface area contributed by atoms with Crippen molar-refractivity contribution in [2.45, 2.75) is 6.92 Å². The van der Waals surface area contributed by atoms with Crippen molar-refractivity contribution in [2.24, 2.45) is 0 Å². The zero-order chi connectivity index (χ0) is 12.8. The van der Waals surface area contributed by atoms with E-state index in [1.807, 2.05) is 0 Å². The van der Waals surface area contributed by atoms with Crippen molar-refractivity contribution in [3.05, 3.63) is 34.3 Å². The number of thioether (sulfide) groups is 1. The summed E-state index contributed by atoms with van der Waals surface area (Å²) in [6.45, 7) is 1.45. The second kappa shape index (κ2) is 6.33. The van der Waals surface area contributed by atoms with Gasteiger partial charge in [-0.15, -0.1) is 0 Å². The molecule has 3 nitrogen and oxygen atoms in total. The second-order valence-corrected chi connectivity index (χ2v) is 4.61. The van der Waals surface area contributed by atoms with E-state index in [0.717, 1.165) is 11.8 Å². The van der Waals surface area contributed by atoms with Gasteiger partial charge in [0, 0.05) is 6.92 Å². The molecule has 0 aliphatic carbocycles. The van der Waals surface area contributed by atoms with E-state index in [1.54, 1.807) is 12.1 Å². The van der Waals surface area contributed by atoms with E-state index in [1.165, 1.54) is 13.0 Å². The molecule has 0 aliphatic heterocycles. The standard InChI is InChI=1S/C12H9ClO3S/c1-8(14)17-7-3-5-9-10(12(15)16)4-2-6-11(9)13/h2,4,6H,7H2,1H3,(H,15,16). The van der Waals surface area contributed by atoms with Gasteiger partial charge in [0.1, 0.15) is 0 Å². The molecule has 0 radical (unpaired) electrons. The fourth-order valence-corrected chi connectivity index (χ4v) is 1.66. The zero-order valence-electron chi connectivity index (χ0n) is 8.99. The van der Waals surface area contributed by atoms with Crippen molar-refractivity contribution in [3.63, 3.8) is 0 Å². The third-order valence-corrected chi connectivity index (χ3v) is 2.82. The van der Waals surface area contributed by atoms with Gasteiger partial charge in [-0.2, -0.15) is 0 Å². The number of benzene rings is 1. The summed E-state index contributed by atoms with van der Waals surface area (Å²) in [5.74, 6) is 4.64. The molecule has 0 amide bonds. The van der Waals surface area contributed by atoms with Gasteiger partial charge >= 0.3 is 5.97 Å². The molecule has 0 aliphatic rings. The van der Waals surface area contributed by atoms with Crippen LogP contribution in [0.1, 0.15) is 22.8 Å². The van der Waals surface area contributed by atoms with Gasteiger partial charge in [0.05, 0.1) is 21.9 Å². The van der Waals surface area contributed by atoms with Crippen LogP contribution < -0.4 is 0 Å². The highest BCUT2D eigenvalue weighted by molar-refractivity contribution is 8.13. The minimum Gasteiger partial charge on any atom is -0.478 e. The van der Waals surface area contributed by atoms with Crippen LogP contribution in [0.15, 0.2) is 18.2 Å². The van der Waals surface area contributed by atoms with Crippen LogP contribution in [0.25, 0.3) is 0 Å². The Hall–Kier alpha value is -1.44. The van der Waals surface area contributed by atoms with E-state index >= 15 is 0 Å². The Labute approximate surface area is 108 Å². The maximum atomic E-state index is 10.9. The van der Waals surface area contributed by atoms with Crippen LogP contribution in [0.5, 0.6) is 0 Å². The van der Waals surface area contributed by atoms with Gasteiger partial charge in [0.15, 0.2) is 5.12 Å². The summed E-state index contributed by atoms with van der Waals surface area (Å²) in [4.78, 5) is 21.6. The van der Waals surface area contributed by atoms with Crippen LogP contribution in [0, 0.1) is 11.8 Å². The lowest BCUT2D eigenvalue weighted by Gasteiger charge is -2.00. The molecule has 1 aromatic rings. The number of carboxylic acids is 1. The molecule has 1 rings (SSSR count). The molecule has 0 saturated carbocycles. The summed E-state index contributed by atoms with van der Waals surface area (Å²) in [6, 6.07) is 4.58. The SMILES string of the molecule is CC(=O)SCC#Cc1c(Cl)cccc1C(=O)O. The third-order valence-electron chi connectivity index (χ3n) is 1.81. The predicted octanol–water partition coefficient (Wildman–Crippen LogP) is 2.67. The number of carbonyl (C=O) groups excluding carboxylic acids is 1. The van der Waals surface area contributed by atoms with Crippen LogP contribution in [0.3, 0.4) is 0 Å². The van der Waals surface area contributed by atoms with E-state index in [0.29, 0.717) is 10.8 Å². The van der Waals surface area contributed by atoms with Gasteiger partial charge < -0.3 is 5.11 Å². The average molecular weight is 269 g/mol. The lowest BCUT2D eigenvalue weighted by atomic mass is 10.1. The number of rotatable bonds is 2. The summed E-state index contributed by atoms with van der Waals surface area (Å²) in [5.41, 5.74) is 0.351. The molecule has 0 spiro atoms. The van der Waals surface area contributed by atoms with Crippen LogP contribution >= 0.6 is 23.4 Å². The van der Waals surface area contributed by atoms with Gasteiger partial charge in [-0.05, 0) is 12.1 Å². The summed E-state index contributed by atoms with van der Waals surface area (Å²) in [6.07, 6.45) is 0. The molecule has 0 saturated heterocycles.